The molecule has 1 heterocycles. The van der Waals surface area contributed by atoms with E-state index in [1.165, 1.54) is 31.4 Å². The third-order valence-electron chi connectivity index (χ3n) is 4.90. The smallest absolute Gasteiger partial charge is 0.0659 e. The van der Waals surface area contributed by atoms with E-state index in [-0.39, 0.29) is 6.04 Å². The summed E-state index contributed by atoms with van der Waals surface area (Å²) in [6.07, 6.45) is 8.62. The van der Waals surface area contributed by atoms with Crippen molar-refractivity contribution in [3.8, 4) is 0 Å². The molecule has 4 nitrogen and oxygen atoms in total. The SMILES string of the molecule is CCCn1nccc1C(NN)C1CC2CCC1C2. The number of aromatic nitrogens is 2. The van der Waals surface area contributed by atoms with Crippen molar-refractivity contribution < 1.29 is 0 Å². The summed E-state index contributed by atoms with van der Waals surface area (Å²) in [7, 11) is 0. The van der Waals surface area contributed by atoms with Gasteiger partial charge in [0.15, 0.2) is 0 Å². The second-order valence-corrected chi connectivity index (χ2v) is 5.96. The Labute approximate surface area is 109 Å². The van der Waals surface area contributed by atoms with Crippen LogP contribution in [0, 0.1) is 17.8 Å². The molecule has 2 aliphatic rings. The molecule has 4 heteroatoms. The van der Waals surface area contributed by atoms with Gasteiger partial charge in [-0.3, -0.25) is 16.0 Å². The average Bonchev–Trinajstić information content (AvgIpc) is 3.07. The van der Waals surface area contributed by atoms with Crippen LogP contribution in [0.25, 0.3) is 0 Å². The lowest BCUT2D eigenvalue weighted by Crippen LogP contribution is -2.37. The molecule has 2 saturated carbocycles. The number of rotatable bonds is 5. The predicted octanol–water partition coefficient (Wildman–Crippen LogP) is 2.23. The van der Waals surface area contributed by atoms with Crippen LogP contribution in [-0.2, 0) is 6.54 Å². The van der Waals surface area contributed by atoms with Crippen LogP contribution in [0.1, 0.15) is 50.8 Å². The molecule has 18 heavy (non-hydrogen) atoms. The van der Waals surface area contributed by atoms with Crippen LogP contribution >= 0.6 is 0 Å². The van der Waals surface area contributed by atoms with E-state index < -0.39 is 0 Å². The van der Waals surface area contributed by atoms with E-state index in [4.69, 9.17) is 5.84 Å². The van der Waals surface area contributed by atoms with Crippen molar-refractivity contribution in [3.05, 3.63) is 18.0 Å². The molecule has 1 aromatic rings. The molecular weight excluding hydrogens is 224 g/mol. The van der Waals surface area contributed by atoms with E-state index in [9.17, 15) is 0 Å². The highest BCUT2D eigenvalue weighted by atomic mass is 15.3. The molecule has 1 aromatic heterocycles. The zero-order valence-electron chi connectivity index (χ0n) is 11.2. The molecule has 0 amide bonds. The number of hydrazine groups is 1. The van der Waals surface area contributed by atoms with E-state index in [0.29, 0.717) is 5.92 Å². The Morgan fingerprint density at radius 3 is 3.00 bits per heavy atom. The van der Waals surface area contributed by atoms with Crippen molar-refractivity contribution >= 4 is 0 Å². The molecule has 2 bridgehead atoms. The summed E-state index contributed by atoms with van der Waals surface area (Å²) in [6.45, 7) is 3.18. The van der Waals surface area contributed by atoms with Gasteiger partial charge in [0.05, 0.1) is 11.7 Å². The quantitative estimate of drug-likeness (QED) is 0.620. The van der Waals surface area contributed by atoms with Crippen LogP contribution in [0.2, 0.25) is 0 Å². The lowest BCUT2D eigenvalue weighted by atomic mass is 9.82. The largest absolute Gasteiger partial charge is 0.271 e. The van der Waals surface area contributed by atoms with Crippen molar-refractivity contribution in [2.24, 2.45) is 23.6 Å². The van der Waals surface area contributed by atoms with Crippen molar-refractivity contribution in [2.75, 3.05) is 0 Å². The Morgan fingerprint density at radius 2 is 2.39 bits per heavy atom. The lowest BCUT2D eigenvalue weighted by Gasteiger charge is -2.30. The van der Waals surface area contributed by atoms with Gasteiger partial charge in [0.1, 0.15) is 0 Å². The molecule has 0 aromatic carbocycles. The molecule has 0 aliphatic heterocycles. The van der Waals surface area contributed by atoms with Crippen LogP contribution < -0.4 is 11.3 Å². The van der Waals surface area contributed by atoms with Crippen molar-refractivity contribution in [2.45, 2.75) is 51.6 Å². The molecule has 4 unspecified atom stereocenters. The summed E-state index contributed by atoms with van der Waals surface area (Å²) in [5.41, 5.74) is 4.34. The first-order valence-corrected chi connectivity index (χ1v) is 7.31. The number of hydrogen-bond donors (Lipinski definition) is 2. The van der Waals surface area contributed by atoms with Gasteiger partial charge in [0.25, 0.3) is 0 Å². The van der Waals surface area contributed by atoms with Gasteiger partial charge in [-0.15, -0.1) is 0 Å². The summed E-state index contributed by atoms with van der Waals surface area (Å²) in [5.74, 6) is 8.39. The molecule has 0 spiro atoms. The number of fused-ring (bicyclic) bond motifs is 2. The van der Waals surface area contributed by atoms with Gasteiger partial charge in [-0.1, -0.05) is 13.3 Å². The zero-order valence-corrected chi connectivity index (χ0v) is 11.2. The number of nitrogens with two attached hydrogens (primary N) is 1. The Bertz CT molecular complexity index is 400. The Hall–Kier alpha value is -0.870. The maximum absolute atomic E-state index is 5.85. The summed E-state index contributed by atoms with van der Waals surface area (Å²) in [5, 5.41) is 4.43. The van der Waals surface area contributed by atoms with Crippen LogP contribution in [0.5, 0.6) is 0 Å². The number of aryl methyl sites for hydroxylation is 1. The molecule has 100 valence electrons. The minimum absolute atomic E-state index is 0.286. The van der Waals surface area contributed by atoms with E-state index in [2.05, 4.69) is 28.2 Å². The molecule has 3 rings (SSSR count). The van der Waals surface area contributed by atoms with Gasteiger partial charge in [-0.2, -0.15) is 5.10 Å². The first kappa shape index (κ1) is 12.2. The van der Waals surface area contributed by atoms with Gasteiger partial charge in [0.2, 0.25) is 0 Å². The molecule has 4 atom stereocenters. The lowest BCUT2D eigenvalue weighted by molar-refractivity contribution is 0.242. The third kappa shape index (κ3) is 1.97. The van der Waals surface area contributed by atoms with Crippen LogP contribution in [0.4, 0.5) is 0 Å². The topological polar surface area (TPSA) is 55.9 Å². The Kier molecular flexibility index (Phi) is 3.39. The monoisotopic (exact) mass is 248 g/mol. The zero-order chi connectivity index (χ0) is 12.5. The number of hydrogen-bond acceptors (Lipinski definition) is 3. The highest BCUT2D eigenvalue weighted by molar-refractivity contribution is 5.11. The second kappa shape index (κ2) is 5.02. The molecule has 0 saturated heterocycles. The van der Waals surface area contributed by atoms with Crippen LogP contribution in [0.3, 0.4) is 0 Å². The van der Waals surface area contributed by atoms with E-state index in [1.54, 1.807) is 0 Å². The van der Waals surface area contributed by atoms with Crippen molar-refractivity contribution in [1.82, 2.24) is 15.2 Å². The van der Waals surface area contributed by atoms with Gasteiger partial charge >= 0.3 is 0 Å². The first-order chi connectivity index (χ1) is 8.83. The minimum atomic E-state index is 0.286. The van der Waals surface area contributed by atoms with E-state index in [0.717, 1.165) is 24.8 Å². The van der Waals surface area contributed by atoms with Crippen LogP contribution in [0.15, 0.2) is 12.3 Å². The highest BCUT2D eigenvalue weighted by Crippen LogP contribution is 2.52. The molecule has 2 aliphatic carbocycles. The summed E-state index contributed by atoms with van der Waals surface area (Å²) in [4.78, 5) is 0. The molecule has 2 fully saturated rings. The predicted molar refractivity (Wildman–Crippen MR) is 71.5 cm³/mol. The maximum atomic E-state index is 5.85. The molecule has 0 radical (unpaired) electrons. The second-order valence-electron chi connectivity index (χ2n) is 5.96. The number of nitrogens with zero attached hydrogens (tertiary/aromatic N) is 2. The molecular formula is C14H24N4. The van der Waals surface area contributed by atoms with Gasteiger partial charge in [-0.05, 0) is 49.5 Å². The van der Waals surface area contributed by atoms with Crippen molar-refractivity contribution in [1.29, 1.82) is 0 Å². The fourth-order valence-corrected chi connectivity index (χ4v) is 4.14. The van der Waals surface area contributed by atoms with Crippen LogP contribution in [-0.4, -0.2) is 9.78 Å². The molecule has 3 N–H and O–H groups in total. The average molecular weight is 248 g/mol. The first-order valence-electron chi connectivity index (χ1n) is 7.31. The fraction of sp³-hybridized carbons (Fsp3) is 0.786. The summed E-state index contributed by atoms with van der Waals surface area (Å²) >= 11 is 0. The number of nitrogens with one attached hydrogen (secondary N) is 1. The van der Waals surface area contributed by atoms with Gasteiger partial charge in [-0.25, -0.2) is 0 Å². The van der Waals surface area contributed by atoms with E-state index in [1.807, 2.05) is 6.20 Å². The Morgan fingerprint density at radius 1 is 1.50 bits per heavy atom. The summed E-state index contributed by atoms with van der Waals surface area (Å²) < 4.78 is 2.12. The third-order valence-corrected chi connectivity index (χ3v) is 4.90. The normalized spacial score (nSPS) is 32.0. The standard InChI is InChI=1S/C14H24N4/c1-2-7-18-13(5-6-16-18)14(17-15)12-9-10-3-4-11(12)8-10/h5-6,10-12,14,17H,2-4,7-9,15H2,1H3. The highest BCUT2D eigenvalue weighted by Gasteiger charge is 2.43. The maximum Gasteiger partial charge on any atom is 0.0659 e. The Balaban J connectivity index is 1.81. The minimum Gasteiger partial charge on any atom is -0.271 e. The van der Waals surface area contributed by atoms with Crippen molar-refractivity contribution in [3.63, 3.8) is 0 Å². The van der Waals surface area contributed by atoms with E-state index >= 15 is 0 Å². The summed E-state index contributed by atoms with van der Waals surface area (Å²) in [6, 6.07) is 2.42. The fourth-order valence-electron chi connectivity index (χ4n) is 4.14. The van der Waals surface area contributed by atoms with Gasteiger partial charge < -0.3 is 0 Å². The van der Waals surface area contributed by atoms with Gasteiger partial charge in [0, 0.05) is 12.7 Å².